The predicted octanol–water partition coefficient (Wildman–Crippen LogP) is 4.05. The molecule has 2 aromatic carbocycles. The van der Waals surface area contributed by atoms with Crippen molar-refractivity contribution in [1.82, 2.24) is 9.80 Å². The average molecular weight is 388 g/mol. The molecule has 2 aromatic rings. The first-order valence-electron chi connectivity index (χ1n) is 9.22. The number of benzene rings is 2. The molecule has 0 atom stereocenters. The number of nitrogens with one attached hydrogen (secondary N) is 1. The Morgan fingerprint density at radius 1 is 1.15 bits per heavy atom. The van der Waals surface area contributed by atoms with Crippen LogP contribution in [-0.2, 0) is 6.42 Å². The second-order valence-electron chi connectivity index (χ2n) is 6.82. The quantitative estimate of drug-likeness (QED) is 0.841. The summed E-state index contributed by atoms with van der Waals surface area (Å²) in [6.45, 7) is 6.16. The van der Waals surface area contributed by atoms with E-state index in [0.717, 1.165) is 56.1 Å². The Hall–Kier alpha value is -2.24. The molecule has 1 aliphatic rings. The van der Waals surface area contributed by atoms with Gasteiger partial charge in [-0.1, -0.05) is 29.8 Å². The van der Waals surface area contributed by atoms with Gasteiger partial charge in [-0.05, 0) is 48.7 Å². The molecule has 2 amide bonds. The van der Waals surface area contributed by atoms with Gasteiger partial charge in [0.05, 0.1) is 7.11 Å². The molecule has 0 unspecified atom stereocenters. The van der Waals surface area contributed by atoms with Gasteiger partial charge < -0.3 is 15.0 Å². The number of hydrogen-bond acceptors (Lipinski definition) is 3. The van der Waals surface area contributed by atoms with Gasteiger partial charge in [-0.2, -0.15) is 0 Å². The zero-order valence-electron chi connectivity index (χ0n) is 15.9. The van der Waals surface area contributed by atoms with E-state index in [-0.39, 0.29) is 6.03 Å². The van der Waals surface area contributed by atoms with Gasteiger partial charge >= 0.3 is 6.03 Å². The van der Waals surface area contributed by atoms with Crippen LogP contribution in [0.2, 0.25) is 5.02 Å². The summed E-state index contributed by atoms with van der Waals surface area (Å²) in [7, 11) is 1.69. The Bertz CT molecular complexity index is 789. The maximum absolute atomic E-state index is 12.5. The van der Waals surface area contributed by atoms with Crippen molar-refractivity contribution in [3.05, 3.63) is 58.6 Å². The van der Waals surface area contributed by atoms with Crippen molar-refractivity contribution < 1.29 is 9.53 Å². The summed E-state index contributed by atoms with van der Waals surface area (Å²) in [6.07, 6.45) is 0.977. The highest BCUT2D eigenvalue weighted by Crippen LogP contribution is 2.21. The molecule has 1 fully saturated rings. The van der Waals surface area contributed by atoms with Crippen molar-refractivity contribution in [2.75, 3.05) is 45.2 Å². The molecule has 0 bridgehead atoms. The number of nitrogens with zero attached hydrogens (tertiary/aromatic N) is 2. The molecule has 1 heterocycles. The number of halogens is 1. The van der Waals surface area contributed by atoms with E-state index in [0.29, 0.717) is 5.02 Å². The first kappa shape index (κ1) is 19.5. The minimum atomic E-state index is -0.0622. The lowest BCUT2D eigenvalue weighted by molar-refractivity contribution is 0.148. The van der Waals surface area contributed by atoms with Gasteiger partial charge in [0.1, 0.15) is 5.75 Å². The lowest BCUT2D eigenvalue weighted by Crippen LogP contribution is -2.50. The number of ether oxygens (including phenoxy) is 1. The molecule has 0 saturated carbocycles. The van der Waals surface area contributed by atoms with Crippen LogP contribution in [0, 0.1) is 6.92 Å². The lowest BCUT2D eigenvalue weighted by atomic mass is 10.1. The number of aryl methyl sites for hydroxylation is 1. The zero-order chi connectivity index (χ0) is 19.2. The summed E-state index contributed by atoms with van der Waals surface area (Å²) < 4.78 is 5.28. The third-order valence-corrected chi connectivity index (χ3v) is 5.19. The molecule has 5 nitrogen and oxygen atoms in total. The third-order valence-electron chi connectivity index (χ3n) is 4.95. The van der Waals surface area contributed by atoms with E-state index in [1.807, 2.05) is 36.1 Å². The topological polar surface area (TPSA) is 44.8 Å². The van der Waals surface area contributed by atoms with Gasteiger partial charge in [0, 0.05) is 43.4 Å². The monoisotopic (exact) mass is 387 g/mol. The number of methoxy groups -OCH3 is 1. The number of rotatable bonds is 5. The van der Waals surface area contributed by atoms with Crippen LogP contribution in [0.3, 0.4) is 0 Å². The van der Waals surface area contributed by atoms with E-state index < -0.39 is 0 Å². The smallest absolute Gasteiger partial charge is 0.321 e. The largest absolute Gasteiger partial charge is 0.497 e. The van der Waals surface area contributed by atoms with E-state index in [2.05, 4.69) is 22.3 Å². The second-order valence-corrected chi connectivity index (χ2v) is 7.26. The molecule has 1 aliphatic heterocycles. The molecule has 1 N–H and O–H groups in total. The SMILES string of the molecule is COc1cccc(CCN2CCN(C(=O)Nc3cc(Cl)ccc3C)CC2)c1. The van der Waals surface area contributed by atoms with Crippen LogP contribution < -0.4 is 10.1 Å². The number of anilines is 1. The van der Waals surface area contributed by atoms with Gasteiger partial charge in [-0.25, -0.2) is 4.79 Å². The van der Waals surface area contributed by atoms with Crippen LogP contribution in [0.4, 0.5) is 10.5 Å². The molecule has 27 heavy (non-hydrogen) atoms. The van der Waals surface area contributed by atoms with E-state index in [1.54, 1.807) is 13.2 Å². The molecule has 1 saturated heterocycles. The van der Waals surface area contributed by atoms with Crippen LogP contribution in [0.25, 0.3) is 0 Å². The maximum atomic E-state index is 12.5. The Kier molecular flexibility index (Phi) is 6.58. The average Bonchev–Trinajstić information content (AvgIpc) is 2.69. The zero-order valence-corrected chi connectivity index (χ0v) is 16.6. The summed E-state index contributed by atoms with van der Waals surface area (Å²) >= 11 is 6.03. The minimum Gasteiger partial charge on any atom is -0.497 e. The van der Waals surface area contributed by atoms with Crippen LogP contribution in [0.5, 0.6) is 5.75 Å². The van der Waals surface area contributed by atoms with Crippen LogP contribution >= 0.6 is 11.6 Å². The Labute approximate surface area is 165 Å². The summed E-state index contributed by atoms with van der Waals surface area (Å²) in [5.41, 5.74) is 3.04. The molecule has 144 valence electrons. The molecule has 3 rings (SSSR count). The normalized spacial score (nSPS) is 14.9. The van der Waals surface area contributed by atoms with Gasteiger partial charge in [-0.3, -0.25) is 4.90 Å². The van der Waals surface area contributed by atoms with Crippen LogP contribution in [0.15, 0.2) is 42.5 Å². The maximum Gasteiger partial charge on any atom is 0.321 e. The fraction of sp³-hybridized carbons (Fsp3) is 0.381. The first-order valence-corrected chi connectivity index (χ1v) is 9.60. The van der Waals surface area contributed by atoms with E-state index in [4.69, 9.17) is 16.3 Å². The summed E-state index contributed by atoms with van der Waals surface area (Å²) in [5.74, 6) is 0.894. The van der Waals surface area contributed by atoms with E-state index in [9.17, 15) is 4.79 Å². The predicted molar refractivity (Wildman–Crippen MR) is 110 cm³/mol. The number of amides is 2. The van der Waals surface area contributed by atoms with Crippen molar-refractivity contribution in [3.63, 3.8) is 0 Å². The van der Waals surface area contributed by atoms with Crippen molar-refractivity contribution in [1.29, 1.82) is 0 Å². The molecular formula is C21H26ClN3O2. The highest BCUT2D eigenvalue weighted by atomic mass is 35.5. The fourth-order valence-corrected chi connectivity index (χ4v) is 3.39. The van der Waals surface area contributed by atoms with E-state index >= 15 is 0 Å². The first-order chi connectivity index (χ1) is 13.0. The number of urea groups is 1. The Morgan fingerprint density at radius 2 is 1.93 bits per heavy atom. The summed E-state index contributed by atoms with van der Waals surface area (Å²) in [6, 6.07) is 13.7. The number of carbonyl (C=O) groups is 1. The lowest BCUT2D eigenvalue weighted by Gasteiger charge is -2.34. The van der Waals surface area contributed by atoms with Crippen molar-refractivity contribution in [3.8, 4) is 5.75 Å². The molecule has 0 aromatic heterocycles. The highest BCUT2D eigenvalue weighted by molar-refractivity contribution is 6.31. The summed E-state index contributed by atoms with van der Waals surface area (Å²) in [4.78, 5) is 16.8. The molecular weight excluding hydrogens is 362 g/mol. The number of hydrogen-bond donors (Lipinski definition) is 1. The van der Waals surface area contributed by atoms with Gasteiger partial charge in [0.2, 0.25) is 0 Å². The van der Waals surface area contributed by atoms with Gasteiger partial charge in [0.15, 0.2) is 0 Å². The van der Waals surface area contributed by atoms with Crippen LogP contribution in [-0.4, -0.2) is 55.7 Å². The Balaban J connectivity index is 1.46. The molecule has 6 heteroatoms. The van der Waals surface area contributed by atoms with Gasteiger partial charge in [-0.15, -0.1) is 0 Å². The molecule has 0 radical (unpaired) electrons. The Morgan fingerprint density at radius 3 is 2.67 bits per heavy atom. The second kappa shape index (κ2) is 9.11. The minimum absolute atomic E-state index is 0.0622. The van der Waals surface area contributed by atoms with E-state index in [1.165, 1.54) is 5.56 Å². The van der Waals surface area contributed by atoms with Crippen molar-refractivity contribution in [2.45, 2.75) is 13.3 Å². The number of piperazine rings is 1. The van der Waals surface area contributed by atoms with Gasteiger partial charge in [0.25, 0.3) is 0 Å². The standard InChI is InChI=1S/C21H26ClN3O2/c1-16-6-7-18(22)15-20(16)23-21(26)25-12-10-24(11-13-25)9-8-17-4-3-5-19(14-17)27-2/h3-7,14-15H,8-13H2,1-2H3,(H,23,26). The molecule has 0 spiro atoms. The number of carbonyl (C=O) groups excluding carboxylic acids is 1. The fourth-order valence-electron chi connectivity index (χ4n) is 3.21. The summed E-state index contributed by atoms with van der Waals surface area (Å²) in [5, 5.41) is 3.60. The van der Waals surface area contributed by atoms with Crippen molar-refractivity contribution >= 4 is 23.3 Å². The van der Waals surface area contributed by atoms with Crippen LogP contribution in [0.1, 0.15) is 11.1 Å². The third kappa shape index (κ3) is 5.37. The van der Waals surface area contributed by atoms with Crippen molar-refractivity contribution in [2.24, 2.45) is 0 Å². The highest BCUT2D eigenvalue weighted by Gasteiger charge is 2.21. The molecule has 0 aliphatic carbocycles.